The third-order valence-electron chi connectivity index (χ3n) is 3.23. The van der Waals surface area contributed by atoms with Crippen LogP contribution in [0.5, 0.6) is 0 Å². The normalized spacial score (nSPS) is 25.7. The van der Waals surface area contributed by atoms with Gasteiger partial charge in [-0.3, -0.25) is 4.79 Å². The van der Waals surface area contributed by atoms with Crippen LogP contribution in [0.25, 0.3) is 0 Å². The van der Waals surface area contributed by atoms with E-state index in [0.29, 0.717) is 19.4 Å². The summed E-state index contributed by atoms with van der Waals surface area (Å²) >= 11 is 0. The predicted octanol–water partition coefficient (Wildman–Crippen LogP) is 0.797. The van der Waals surface area contributed by atoms with Gasteiger partial charge in [0.2, 0.25) is 0 Å². The van der Waals surface area contributed by atoms with Crippen molar-refractivity contribution in [3.63, 3.8) is 0 Å². The molecule has 17 heavy (non-hydrogen) atoms. The van der Waals surface area contributed by atoms with Gasteiger partial charge in [-0.25, -0.2) is 8.42 Å². The molecule has 1 saturated carbocycles. The fourth-order valence-corrected chi connectivity index (χ4v) is 3.44. The summed E-state index contributed by atoms with van der Waals surface area (Å²) in [5.74, 6) is -0.788. The van der Waals surface area contributed by atoms with Crippen molar-refractivity contribution in [2.24, 2.45) is 0 Å². The van der Waals surface area contributed by atoms with Crippen LogP contribution in [0.2, 0.25) is 0 Å². The molecule has 1 aliphatic carbocycles. The summed E-state index contributed by atoms with van der Waals surface area (Å²) in [4.78, 5) is 10.3. The Balaban J connectivity index is 2.28. The maximum absolute atomic E-state index is 11.4. The van der Waals surface area contributed by atoms with E-state index in [2.05, 4.69) is 5.32 Å². The van der Waals surface area contributed by atoms with Crippen LogP contribution in [-0.2, 0) is 14.6 Å². The van der Waals surface area contributed by atoms with Gasteiger partial charge in [0.05, 0.1) is 5.25 Å². The summed E-state index contributed by atoms with van der Waals surface area (Å²) in [6, 6.07) is 0.220. The number of rotatable bonds is 6. The number of hydrogen-bond acceptors (Lipinski definition) is 4. The minimum atomic E-state index is -2.94. The third kappa shape index (κ3) is 5.50. The molecule has 0 heterocycles. The van der Waals surface area contributed by atoms with Crippen molar-refractivity contribution < 1.29 is 18.3 Å². The number of carboxylic acid groups (broad SMARTS) is 1. The number of nitrogens with one attached hydrogen (secondary N) is 1. The van der Waals surface area contributed by atoms with Gasteiger partial charge in [0.15, 0.2) is 0 Å². The molecule has 0 aromatic carbocycles. The zero-order valence-corrected chi connectivity index (χ0v) is 11.0. The molecule has 2 N–H and O–H groups in total. The van der Waals surface area contributed by atoms with Crippen molar-refractivity contribution in [2.45, 2.75) is 49.8 Å². The van der Waals surface area contributed by atoms with Crippen LogP contribution in [0.15, 0.2) is 0 Å². The molecule has 0 aromatic rings. The highest BCUT2D eigenvalue weighted by Gasteiger charge is 2.28. The van der Waals surface area contributed by atoms with Gasteiger partial charge in [-0.15, -0.1) is 0 Å². The van der Waals surface area contributed by atoms with Gasteiger partial charge in [0.1, 0.15) is 9.84 Å². The van der Waals surface area contributed by atoms with E-state index in [1.807, 2.05) is 0 Å². The zero-order chi connectivity index (χ0) is 12.9. The molecule has 1 fully saturated rings. The third-order valence-corrected chi connectivity index (χ3v) is 4.87. The number of carboxylic acids is 1. The summed E-state index contributed by atoms with van der Waals surface area (Å²) in [7, 11) is -2.94. The van der Waals surface area contributed by atoms with E-state index >= 15 is 0 Å². The molecular weight excluding hydrogens is 242 g/mol. The molecule has 0 saturated heterocycles. The highest BCUT2D eigenvalue weighted by molar-refractivity contribution is 7.91. The molecule has 0 amide bonds. The van der Waals surface area contributed by atoms with Gasteiger partial charge in [0, 0.05) is 18.7 Å². The molecule has 2 unspecified atom stereocenters. The molecule has 1 rings (SSSR count). The fraction of sp³-hybridized carbons (Fsp3) is 0.909. The van der Waals surface area contributed by atoms with Crippen molar-refractivity contribution in [3.05, 3.63) is 0 Å². The SMILES string of the molecule is CS(=O)(=O)C1CCCC(NCCCC(=O)O)C1. The minimum absolute atomic E-state index is 0.162. The van der Waals surface area contributed by atoms with Crippen molar-refractivity contribution in [2.75, 3.05) is 12.8 Å². The quantitative estimate of drug-likeness (QED) is 0.692. The van der Waals surface area contributed by atoms with Gasteiger partial charge in [-0.2, -0.15) is 0 Å². The van der Waals surface area contributed by atoms with Crippen LogP contribution >= 0.6 is 0 Å². The maximum atomic E-state index is 11.4. The second kappa shape index (κ2) is 6.35. The van der Waals surface area contributed by atoms with E-state index in [4.69, 9.17) is 5.11 Å². The summed E-state index contributed by atoms with van der Waals surface area (Å²) in [6.07, 6.45) is 5.38. The Hall–Kier alpha value is -0.620. The zero-order valence-electron chi connectivity index (χ0n) is 10.2. The molecule has 2 atom stereocenters. The summed E-state index contributed by atoms with van der Waals surface area (Å²) in [6.45, 7) is 0.646. The van der Waals surface area contributed by atoms with E-state index in [1.165, 1.54) is 6.26 Å². The van der Waals surface area contributed by atoms with Crippen molar-refractivity contribution in [1.82, 2.24) is 5.32 Å². The predicted molar refractivity (Wildman–Crippen MR) is 65.8 cm³/mol. The van der Waals surface area contributed by atoms with Crippen LogP contribution in [-0.4, -0.2) is 43.6 Å². The first-order valence-electron chi connectivity index (χ1n) is 6.03. The Morgan fingerprint density at radius 2 is 2.12 bits per heavy atom. The fourth-order valence-electron chi connectivity index (χ4n) is 2.27. The Kier molecular flexibility index (Phi) is 5.39. The summed E-state index contributed by atoms with van der Waals surface area (Å²) in [5, 5.41) is 11.5. The Morgan fingerprint density at radius 1 is 1.41 bits per heavy atom. The number of aliphatic carboxylic acids is 1. The van der Waals surface area contributed by atoms with Gasteiger partial charge >= 0.3 is 5.97 Å². The van der Waals surface area contributed by atoms with E-state index in [1.54, 1.807) is 0 Å². The van der Waals surface area contributed by atoms with E-state index < -0.39 is 15.8 Å². The standard InChI is InChI=1S/C11H21NO4S/c1-17(15,16)10-5-2-4-9(8-10)12-7-3-6-11(13)14/h9-10,12H,2-8H2,1H3,(H,13,14). The molecule has 5 nitrogen and oxygen atoms in total. The van der Waals surface area contributed by atoms with Crippen molar-refractivity contribution in [3.8, 4) is 0 Å². The molecule has 0 bridgehead atoms. The molecule has 6 heteroatoms. The molecule has 0 spiro atoms. The van der Waals surface area contributed by atoms with E-state index in [9.17, 15) is 13.2 Å². The van der Waals surface area contributed by atoms with Crippen LogP contribution in [0, 0.1) is 0 Å². The van der Waals surface area contributed by atoms with Crippen molar-refractivity contribution in [1.29, 1.82) is 0 Å². The monoisotopic (exact) mass is 263 g/mol. The Bertz CT molecular complexity index is 352. The molecular formula is C11H21NO4S. The first-order valence-corrected chi connectivity index (χ1v) is 7.99. The molecule has 100 valence electrons. The second-order valence-corrected chi connectivity index (χ2v) is 7.09. The van der Waals surface area contributed by atoms with Crippen LogP contribution < -0.4 is 5.32 Å². The average Bonchev–Trinajstić information content (AvgIpc) is 2.23. The lowest BCUT2D eigenvalue weighted by atomic mass is 9.95. The van der Waals surface area contributed by atoms with Crippen molar-refractivity contribution >= 4 is 15.8 Å². The van der Waals surface area contributed by atoms with Crippen LogP contribution in [0.3, 0.4) is 0 Å². The smallest absolute Gasteiger partial charge is 0.303 e. The molecule has 0 aromatic heterocycles. The summed E-state index contributed by atoms with van der Waals surface area (Å²) in [5.41, 5.74) is 0. The summed E-state index contributed by atoms with van der Waals surface area (Å²) < 4.78 is 22.9. The minimum Gasteiger partial charge on any atom is -0.481 e. The van der Waals surface area contributed by atoms with Gasteiger partial charge < -0.3 is 10.4 Å². The lowest BCUT2D eigenvalue weighted by molar-refractivity contribution is -0.137. The molecule has 1 aliphatic rings. The Morgan fingerprint density at radius 3 is 2.71 bits per heavy atom. The lowest BCUT2D eigenvalue weighted by Gasteiger charge is -2.28. The molecule has 0 radical (unpaired) electrons. The highest BCUT2D eigenvalue weighted by atomic mass is 32.2. The maximum Gasteiger partial charge on any atom is 0.303 e. The average molecular weight is 263 g/mol. The van der Waals surface area contributed by atoms with Crippen LogP contribution in [0.1, 0.15) is 38.5 Å². The number of sulfone groups is 1. The largest absolute Gasteiger partial charge is 0.481 e. The van der Waals surface area contributed by atoms with Gasteiger partial charge in [-0.1, -0.05) is 6.42 Å². The molecule has 0 aliphatic heterocycles. The Labute approximate surface area is 103 Å². The first-order chi connectivity index (χ1) is 7.89. The van der Waals surface area contributed by atoms with E-state index in [0.717, 1.165) is 19.3 Å². The van der Waals surface area contributed by atoms with Gasteiger partial charge in [0.25, 0.3) is 0 Å². The van der Waals surface area contributed by atoms with Gasteiger partial charge in [-0.05, 0) is 32.2 Å². The lowest BCUT2D eigenvalue weighted by Crippen LogP contribution is -2.39. The second-order valence-electron chi connectivity index (χ2n) is 4.77. The number of hydrogen-bond donors (Lipinski definition) is 2. The first kappa shape index (κ1) is 14.4. The topological polar surface area (TPSA) is 83.5 Å². The van der Waals surface area contributed by atoms with Crippen LogP contribution in [0.4, 0.5) is 0 Å². The number of carbonyl (C=O) groups is 1. The van der Waals surface area contributed by atoms with E-state index in [-0.39, 0.29) is 17.7 Å². The highest BCUT2D eigenvalue weighted by Crippen LogP contribution is 2.23.